The van der Waals surface area contributed by atoms with Crippen LogP contribution < -0.4 is 0 Å². The van der Waals surface area contributed by atoms with Crippen molar-refractivity contribution in [1.29, 1.82) is 0 Å². The first-order valence-corrected chi connectivity index (χ1v) is 7.02. The normalized spacial score (nSPS) is 18.1. The van der Waals surface area contributed by atoms with Gasteiger partial charge in [0.1, 0.15) is 0 Å². The first-order valence-electron chi connectivity index (χ1n) is 7.02. The van der Waals surface area contributed by atoms with E-state index in [1.54, 1.807) is 6.08 Å². The smallest absolute Gasteiger partial charge is 0.293 e. The molecule has 0 spiro atoms. The van der Waals surface area contributed by atoms with Gasteiger partial charge in [-0.2, -0.15) is 0 Å². The molecule has 0 unspecified atom stereocenters. The fraction of sp³-hybridized carbons (Fsp3) is 0.500. The highest BCUT2D eigenvalue weighted by molar-refractivity contribution is 5.83. The van der Waals surface area contributed by atoms with Crippen molar-refractivity contribution in [3.05, 3.63) is 36.5 Å². The molecule has 0 aliphatic carbocycles. The van der Waals surface area contributed by atoms with Crippen molar-refractivity contribution in [3.63, 3.8) is 0 Å². The lowest BCUT2D eigenvalue weighted by atomic mass is 9.97. The van der Waals surface area contributed by atoms with Gasteiger partial charge < -0.3 is 9.64 Å². The number of amides is 1. The van der Waals surface area contributed by atoms with Crippen LogP contribution in [-0.2, 0) is 14.3 Å². The molecular weight excluding hydrogens is 254 g/mol. The molecule has 1 atom stereocenters. The zero-order chi connectivity index (χ0) is 15.4. The van der Waals surface area contributed by atoms with E-state index in [2.05, 4.69) is 11.3 Å². The summed E-state index contributed by atoms with van der Waals surface area (Å²) < 4.78 is 4.66. The third-order valence-electron chi connectivity index (χ3n) is 2.87. The van der Waals surface area contributed by atoms with E-state index in [4.69, 9.17) is 0 Å². The van der Waals surface area contributed by atoms with Crippen LogP contribution in [0.25, 0.3) is 0 Å². The van der Waals surface area contributed by atoms with Crippen molar-refractivity contribution in [2.75, 3.05) is 13.2 Å². The number of carbonyl (C=O) groups is 2. The van der Waals surface area contributed by atoms with Gasteiger partial charge in [-0.15, -0.1) is 0 Å². The molecule has 0 saturated carbocycles. The van der Waals surface area contributed by atoms with Crippen LogP contribution in [0.5, 0.6) is 0 Å². The van der Waals surface area contributed by atoms with E-state index in [9.17, 15) is 9.59 Å². The van der Waals surface area contributed by atoms with Gasteiger partial charge in [-0.05, 0) is 12.5 Å². The van der Waals surface area contributed by atoms with Crippen molar-refractivity contribution >= 4 is 12.4 Å². The van der Waals surface area contributed by atoms with Crippen LogP contribution in [0.3, 0.4) is 0 Å². The molecule has 0 aromatic rings. The lowest BCUT2D eigenvalue weighted by molar-refractivity contribution is -0.146. The molecule has 1 aliphatic rings. The van der Waals surface area contributed by atoms with Crippen molar-refractivity contribution in [1.82, 2.24) is 4.90 Å². The Kier molecular flexibility index (Phi) is 10.0. The number of allylic oxidation sites excluding steroid dienone is 3. The number of hydrogen-bond donors (Lipinski definition) is 0. The summed E-state index contributed by atoms with van der Waals surface area (Å²) >= 11 is 0. The summed E-state index contributed by atoms with van der Waals surface area (Å²) in [5, 5.41) is 0. The van der Waals surface area contributed by atoms with Gasteiger partial charge in [0.25, 0.3) is 6.47 Å². The van der Waals surface area contributed by atoms with E-state index < -0.39 is 0 Å². The van der Waals surface area contributed by atoms with E-state index in [0.717, 1.165) is 5.57 Å². The van der Waals surface area contributed by atoms with Crippen molar-refractivity contribution < 1.29 is 14.3 Å². The van der Waals surface area contributed by atoms with Crippen molar-refractivity contribution in [2.24, 2.45) is 0 Å². The van der Waals surface area contributed by atoms with Gasteiger partial charge in [0.05, 0.1) is 6.61 Å². The summed E-state index contributed by atoms with van der Waals surface area (Å²) in [5.74, 6) is 0.144. The summed E-state index contributed by atoms with van der Waals surface area (Å²) in [6.07, 6.45) is 8.74. The Hall–Kier alpha value is -1.84. The minimum Gasteiger partial charge on any atom is -0.468 e. The van der Waals surface area contributed by atoms with Crippen LogP contribution in [0.4, 0.5) is 0 Å². The standard InChI is InChI=1S/C14H19NO3.C2H6/c1-3-5-12(6-4-2)10-15-13(9-14(15)17)7-8-18-11-16;1-2/h3-6,11,13H,1,7-10H2,2H3;1-2H3/b6-4-,12-5+;/t13-;/m1./s1. The minimum absolute atomic E-state index is 0.144. The van der Waals surface area contributed by atoms with Gasteiger partial charge in [-0.1, -0.05) is 44.7 Å². The molecule has 0 aromatic heterocycles. The number of nitrogens with zero attached hydrogens (tertiary/aromatic N) is 1. The number of likely N-dealkylation sites (tertiary alicyclic amines) is 1. The molecular formula is C16H25NO3. The summed E-state index contributed by atoms with van der Waals surface area (Å²) in [6, 6.07) is 0.177. The van der Waals surface area contributed by atoms with E-state index in [1.165, 1.54) is 0 Å². The highest BCUT2D eigenvalue weighted by atomic mass is 16.5. The molecule has 1 saturated heterocycles. The summed E-state index contributed by atoms with van der Waals surface area (Å²) in [5.41, 5.74) is 1.04. The fourth-order valence-corrected chi connectivity index (χ4v) is 1.97. The first kappa shape index (κ1) is 18.2. The van der Waals surface area contributed by atoms with Crippen molar-refractivity contribution in [2.45, 2.75) is 39.7 Å². The van der Waals surface area contributed by atoms with Crippen LogP contribution in [-0.4, -0.2) is 36.5 Å². The largest absolute Gasteiger partial charge is 0.468 e. The molecule has 20 heavy (non-hydrogen) atoms. The summed E-state index contributed by atoms with van der Waals surface area (Å²) in [7, 11) is 0. The summed E-state index contributed by atoms with van der Waals surface area (Å²) in [4.78, 5) is 23.4. The average molecular weight is 279 g/mol. The topological polar surface area (TPSA) is 46.6 Å². The molecule has 4 nitrogen and oxygen atoms in total. The van der Waals surface area contributed by atoms with Crippen LogP contribution in [0, 0.1) is 0 Å². The van der Waals surface area contributed by atoms with Gasteiger partial charge in [-0.3, -0.25) is 9.59 Å². The van der Waals surface area contributed by atoms with Crippen LogP contribution in [0.2, 0.25) is 0 Å². The Morgan fingerprint density at radius 3 is 2.70 bits per heavy atom. The zero-order valence-electron chi connectivity index (χ0n) is 12.7. The Bertz CT molecular complexity index is 372. The van der Waals surface area contributed by atoms with Gasteiger partial charge in [0.2, 0.25) is 5.91 Å². The predicted molar refractivity (Wildman–Crippen MR) is 81.2 cm³/mol. The van der Waals surface area contributed by atoms with Gasteiger partial charge >= 0.3 is 0 Å². The Labute approximate surface area is 121 Å². The number of hydrogen-bond acceptors (Lipinski definition) is 3. The highest BCUT2D eigenvalue weighted by Crippen LogP contribution is 2.23. The van der Waals surface area contributed by atoms with Crippen LogP contribution >= 0.6 is 0 Å². The number of β-lactam (4-membered cyclic amide) rings is 1. The molecule has 4 heteroatoms. The zero-order valence-corrected chi connectivity index (χ0v) is 12.7. The Balaban J connectivity index is 0.00000172. The van der Waals surface area contributed by atoms with E-state index >= 15 is 0 Å². The lowest BCUT2D eigenvalue weighted by Crippen LogP contribution is -2.53. The molecule has 0 bridgehead atoms. The fourth-order valence-electron chi connectivity index (χ4n) is 1.97. The SMILES string of the molecule is C=C/C=C(\C=C/C)CN1C(=O)C[C@H]1CCOC=O.CC. The molecule has 0 N–H and O–H groups in total. The molecule has 1 heterocycles. The Morgan fingerprint density at radius 1 is 1.50 bits per heavy atom. The molecule has 1 fully saturated rings. The Morgan fingerprint density at radius 2 is 2.20 bits per heavy atom. The highest BCUT2D eigenvalue weighted by Gasteiger charge is 2.35. The van der Waals surface area contributed by atoms with E-state index in [0.29, 0.717) is 32.5 Å². The second kappa shape index (κ2) is 11.0. The van der Waals surface area contributed by atoms with Crippen molar-refractivity contribution in [3.8, 4) is 0 Å². The molecule has 1 aliphatic heterocycles. The average Bonchev–Trinajstić information content (AvgIpc) is 2.46. The van der Waals surface area contributed by atoms with Gasteiger partial charge in [0.15, 0.2) is 0 Å². The maximum atomic E-state index is 11.6. The van der Waals surface area contributed by atoms with Crippen LogP contribution in [0.1, 0.15) is 33.6 Å². The first-order chi connectivity index (χ1) is 9.72. The molecule has 1 rings (SSSR count). The number of rotatable bonds is 8. The number of carbonyl (C=O) groups excluding carboxylic acids is 2. The third kappa shape index (κ3) is 5.87. The molecule has 1 amide bonds. The van der Waals surface area contributed by atoms with E-state index in [1.807, 2.05) is 43.9 Å². The van der Waals surface area contributed by atoms with Crippen LogP contribution in [0.15, 0.2) is 36.5 Å². The second-order valence-corrected chi connectivity index (χ2v) is 4.11. The summed E-state index contributed by atoms with van der Waals surface area (Å²) in [6.45, 7) is 11.0. The quantitative estimate of drug-likeness (QED) is 0.297. The maximum absolute atomic E-state index is 11.6. The van der Waals surface area contributed by atoms with E-state index in [-0.39, 0.29) is 11.9 Å². The maximum Gasteiger partial charge on any atom is 0.293 e. The molecule has 0 aromatic carbocycles. The monoisotopic (exact) mass is 279 g/mol. The minimum atomic E-state index is 0.144. The van der Waals surface area contributed by atoms with Gasteiger partial charge in [0, 0.05) is 25.4 Å². The molecule has 112 valence electrons. The van der Waals surface area contributed by atoms with Gasteiger partial charge in [-0.25, -0.2) is 0 Å². The number of ether oxygens (including phenoxy) is 1. The predicted octanol–water partition coefficient (Wildman–Crippen LogP) is 2.87. The lowest BCUT2D eigenvalue weighted by Gasteiger charge is -2.40. The third-order valence-corrected chi connectivity index (χ3v) is 2.87. The second-order valence-electron chi connectivity index (χ2n) is 4.11. The molecule has 0 radical (unpaired) electrons.